The molecule has 0 spiro atoms. The second-order valence-electron chi connectivity index (χ2n) is 4.11. The van der Waals surface area contributed by atoms with E-state index in [1.807, 2.05) is 13.8 Å². The molecule has 0 aliphatic rings. The lowest BCUT2D eigenvalue weighted by Gasteiger charge is -2.16. The lowest BCUT2D eigenvalue weighted by molar-refractivity contribution is -0.127. The third-order valence-corrected chi connectivity index (χ3v) is 2.08. The SMILES string of the molecule is CC(C)NC(=O)C(C)Oc1ccc(N)c(F)c1. The van der Waals surface area contributed by atoms with E-state index >= 15 is 0 Å². The Morgan fingerprint density at radius 1 is 1.41 bits per heavy atom. The van der Waals surface area contributed by atoms with Crippen LogP contribution in [0.2, 0.25) is 0 Å². The number of nitrogen functional groups attached to an aromatic ring is 1. The monoisotopic (exact) mass is 240 g/mol. The van der Waals surface area contributed by atoms with Crippen molar-refractivity contribution in [3.05, 3.63) is 24.0 Å². The predicted octanol–water partition coefficient (Wildman–Crippen LogP) is 1.70. The number of ether oxygens (including phenoxy) is 1. The largest absolute Gasteiger partial charge is 0.481 e. The molecular formula is C12H17FN2O2. The molecule has 94 valence electrons. The Morgan fingerprint density at radius 3 is 2.59 bits per heavy atom. The third-order valence-electron chi connectivity index (χ3n) is 2.08. The van der Waals surface area contributed by atoms with Crippen LogP contribution in [0.1, 0.15) is 20.8 Å². The predicted molar refractivity (Wildman–Crippen MR) is 64.2 cm³/mol. The lowest BCUT2D eigenvalue weighted by Crippen LogP contribution is -2.40. The Labute approximate surface area is 100.0 Å². The number of carbonyl (C=O) groups is 1. The summed E-state index contributed by atoms with van der Waals surface area (Å²) in [5.41, 5.74) is 5.39. The minimum absolute atomic E-state index is 0.0386. The van der Waals surface area contributed by atoms with Gasteiger partial charge in [-0.3, -0.25) is 4.79 Å². The summed E-state index contributed by atoms with van der Waals surface area (Å²) >= 11 is 0. The molecular weight excluding hydrogens is 223 g/mol. The molecule has 0 fully saturated rings. The number of amides is 1. The van der Waals surface area contributed by atoms with Crippen molar-refractivity contribution in [2.75, 3.05) is 5.73 Å². The average molecular weight is 240 g/mol. The van der Waals surface area contributed by atoms with Crippen molar-refractivity contribution < 1.29 is 13.9 Å². The number of carbonyl (C=O) groups excluding carboxylic acids is 1. The molecule has 1 aromatic carbocycles. The second-order valence-corrected chi connectivity index (χ2v) is 4.11. The molecule has 0 radical (unpaired) electrons. The zero-order chi connectivity index (χ0) is 13.0. The van der Waals surface area contributed by atoms with Gasteiger partial charge >= 0.3 is 0 Å². The van der Waals surface area contributed by atoms with Crippen molar-refractivity contribution in [1.82, 2.24) is 5.32 Å². The maximum atomic E-state index is 13.1. The fourth-order valence-corrected chi connectivity index (χ4v) is 1.24. The van der Waals surface area contributed by atoms with Gasteiger partial charge in [0.15, 0.2) is 6.10 Å². The van der Waals surface area contributed by atoms with Crippen molar-refractivity contribution in [1.29, 1.82) is 0 Å². The van der Waals surface area contributed by atoms with Crippen LogP contribution in [0.15, 0.2) is 18.2 Å². The summed E-state index contributed by atoms with van der Waals surface area (Å²) in [5.74, 6) is -0.515. The van der Waals surface area contributed by atoms with Gasteiger partial charge < -0.3 is 15.8 Å². The van der Waals surface area contributed by atoms with E-state index in [0.717, 1.165) is 6.07 Å². The summed E-state index contributed by atoms with van der Waals surface area (Å²) in [7, 11) is 0. The number of anilines is 1. The first kappa shape index (κ1) is 13.3. The fourth-order valence-electron chi connectivity index (χ4n) is 1.24. The summed E-state index contributed by atoms with van der Waals surface area (Å²) in [6.45, 7) is 5.31. The van der Waals surface area contributed by atoms with E-state index in [2.05, 4.69) is 5.32 Å². The number of rotatable bonds is 4. The molecule has 5 heteroatoms. The van der Waals surface area contributed by atoms with Gasteiger partial charge in [0.1, 0.15) is 11.6 Å². The van der Waals surface area contributed by atoms with Crippen LogP contribution in [-0.2, 0) is 4.79 Å². The van der Waals surface area contributed by atoms with Gasteiger partial charge in [-0.05, 0) is 32.9 Å². The van der Waals surface area contributed by atoms with Gasteiger partial charge in [0, 0.05) is 12.1 Å². The summed E-state index contributed by atoms with van der Waals surface area (Å²) in [4.78, 5) is 11.6. The van der Waals surface area contributed by atoms with E-state index in [1.165, 1.54) is 12.1 Å². The standard InChI is InChI=1S/C12H17FN2O2/c1-7(2)15-12(16)8(3)17-9-4-5-11(14)10(13)6-9/h4-8H,14H2,1-3H3,(H,15,16). The highest BCUT2D eigenvalue weighted by molar-refractivity contribution is 5.80. The molecule has 1 aromatic rings. The van der Waals surface area contributed by atoms with Crippen molar-refractivity contribution in [3.8, 4) is 5.75 Å². The Morgan fingerprint density at radius 2 is 2.06 bits per heavy atom. The van der Waals surface area contributed by atoms with Crippen molar-refractivity contribution in [3.63, 3.8) is 0 Å². The van der Waals surface area contributed by atoms with Gasteiger partial charge in [0.2, 0.25) is 0 Å². The van der Waals surface area contributed by atoms with Crippen molar-refractivity contribution >= 4 is 11.6 Å². The van der Waals surface area contributed by atoms with Crippen LogP contribution in [0.4, 0.5) is 10.1 Å². The Bertz CT molecular complexity index is 407. The summed E-state index contributed by atoms with van der Waals surface area (Å²) in [6.07, 6.45) is -0.680. The van der Waals surface area contributed by atoms with Gasteiger partial charge in [-0.2, -0.15) is 0 Å². The van der Waals surface area contributed by atoms with E-state index in [-0.39, 0.29) is 23.4 Å². The Balaban J connectivity index is 2.64. The smallest absolute Gasteiger partial charge is 0.260 e. The fraction of sp³-hybridized carbons (Fsp3) is 0.417. The van der Waals surface area contributed by atoms with Crippen molar-refractivity contribution in [2.24, 2.45) is 0 Å². The van der Waals surface area contributed by atoms with Crippen molar-refractivity contribution in [2.45, 2.75) is 32.9 Å². The minimum Gasteiger partial charge on any atom is -0.481 e. The number of nitrogens with two attached hydrogens (primary N) is 1. The molecule has 1 rings (SSSR count). The molecule has 0 saturated carbocycles. The lowest BCUT2D eigenvalue weighted by atomic mass is 10.3. The number of halogens is 1. The molecule has 3 N–H and O–H groups in total. The molecule has 0 aliphatic carbocycles. The number of benzene rings is 1. The molecule has 0 bridgehead atoms. The van der Waals surface area contributed by atoms with Crippen LogP contribution in [0.25, 0.3) is 0 Å². The first-order chi connectivity index (χ1) is 7.90. The van der Waals surface area contributed by atoms with Crippen LogP contribution in [0.3, 0.4) is 0 Å². The molecule has 4 nitrogen and oxygen atoms in total. The highest BCUT2D eigenvalue weighted by atomic mass is 19.1. The third kappa shape index (κ3) is 3.94. The Kier molecular flexibility index (Phi) is 4.31. The molecule has 1 atom stereocenters. The van der Waals surface area contributed by atoms with E-state index in [9.17, 15) is 9.18 Å². The summed E-state index contributed by atoms with van der Waals surface area (Å²) in [6, 6.07) is 4.13. The quantitative estimate of drug-likeness (QED) is 0.787. The van der Waals surface area contributed by atoms with E-state index in [1.54, 1.807) is 6.92 Å². The van der Waals surface area contributed by atoms with Crippen LogP contribution in [0.5, 0.6) is 5.75 Å². The molecule has 0 aromatic heterocycles. The minimum atomic E-state index is -0.680. The maximum absolute atomic E-state index is 13.1. The summed E-state index contributed by atoms with van der Waals surface area (Å²) in [5, 5.41) is 2.71. The van der Waals surface area contributed by atoms with Crippen LogP contribution in [0, 0.1) is 5.82 Å². The molecule has 0 aliphatic heterocycles. The van der Waals surface area contributed by atoms with Crippen LogP contribution >= 0.6 is 0 Å². The summed E-state index contributed by atoms with van der Waals surface area (Å²) < 4.78 is 18.4. The van der Waals surface area contributed by atoms with Crippen LogP contribution < -0.4 is 15.8 Å². The van der Waals surface area contributed by atoms with Gasteiger partial charge in [0.05, 0.1) is 5.69 Å². The molecule has 1 unspecified atom stereocenters. The maximum Gasteiger partial charge on any atom is 0.260 e. The molecule has 17 heavy (non-hydrogen) atoms. The van der Waals surface area contributed by atoms with Gasteiger partial charge in [0.25, 0.3) is 5.91 Å². The molecule has 0 saturated heterocycles. The van der Waals surface area contributed by atoms with E-state index in [0.29, 0.717) is 0 Å². The Hall–Kier alpha value is -1.78. The topological polar surface area (TPSA) is 64.3 Å². The first-order valence-corrected chi connectivity index (χ1v) is 5.42. The zero-order valence-corrected chi connectivity index (χ0v) is 10.2. The molecule has 0 heterocycles. The second kappa shape index (κ2) is 5.52. The number of hydrogen-bond donors (Lipinski definition) is 2. The average Bonchev–Trinajstić information content (AvgIpc) is 2.22. The van der Waals surface area contributed by atoms with E-state index in [4.69, 9.17) is 10.5 Å². The van der Waals surface area contributed by atoms with Gasteiger partial charge in [-0.25, -0.2) is 4.39 Å². The first-order valence-electron chi connectivity index (χ1n) is 5.42. The van der Waals surface area contributed by atoms with Crippen LogP contribution in [-0.4, -0.2) is 18.1 Å². The normalized spacial score (nSPS) is 12.3. The van der Waals surface area contributed by atoms with Gasteiger partial charge in [-0.1, -0.05) is 0 Å². The number of hydrogen-bond acceptors (Lipinski definition) is 3. The molecule has 1 amide bonds. The van der Waals surface area contributed by atoms with Gasteiger partial charge in [-0.15, -0.1) is 0 Å². The van der Waals surface area contributed by atoms with E-state index < -0.39 is 11.9 Å². The highest BCUT2D eigenvalue weighted by Gasteiger charge is 2.15. The zero-order valence-electron chi connectivity index (χ0n) is 10.2. The highest BCUT2D eigenvalue weighted by Crippen LogP contribution is 2.19. The number of nitrogens with one attached hydrogen (secondary N) is 1.